The van der Waals surface area contributed by atoms with Gasteiger partial charge in [-0.3, -0.25) is 4.90 Å². The number of halogens is 1. The molecule has 0 bridgehead atoms. The van der Waals surface area contributed by atoms with Gasteiger partial charge in [0, 0.05) is 12.6 Å². The van der Waals surface area contributed by atoms with Crippen molar-refractivity contribution >= 4 is 0 Å². The van der Waals surface area contributed by atoms with Crippen molar-refractivity contribution < 1.29 is 4.39 Å². The Labute approximate surface area is 120 Å². The standard InChI is InChI=1S/C18H20FN/c1-14-4-2-5-15(12-14)13-20-11-3-6-18(20)16-7-9-17(19)10-8-16/h2,4-5,7-10,12,18H,3,6,11,13H2,1H3/t18-/m0/s1. The average molecular weight is 269 g/mol. The Kier molecular flexibility index (Phi) is 3.83. The molecule has 1 atom stereocenters. The summed E-state index contributed by atoms with van der Waals surface area (Å²) < 4.78 is 13.0. The van der Waals surface area contributed by atoms with E-state index in [1.165, 1.54) is 23.1 Å². The normalized spacial score (nSPS) is 19.4. The second-order valence-corrected chi connectivity index (χ2v) is 5.67. The van der Waals surface area contributed by atoms with Crippen LogP contribution in [0.2, 0.25) is 0 Å². The zero-order valence-corrected chi connectivity index (χ0v) is 11.8. The summed E-state index contributed by atoms with van der Waals surface area (Å²) in [6.07, 6.45) is 2.38. The van der Waals surface area contributed by atoms with E-state index in [-0.39, 0.29) is 5.82 Å². The first-order valence-electron chi connectivity index (χ1n) is 7.27. The van der Waals surface area contributed by atoms with Crippen molar-refractivity contribution in [1.29, 1.82) is 0 Å². The van der Waals surface area contributed by atoms with Gasteiger partial charge in [0.25, 0.3) is 0 Å². The highest BCUT2D eigenvalue weighted by Crippen LogP contribution is 2.33. The lowest BCUT2D eigenvalue weighted by Crippen LogP contribution is -2.22. The van der Waals surface area contributed by atoms with Crippen LogP contribution in [-0.4, -0.2) is 11.4 Å². The Morgan fingerprint density at radius 2 is 1.95 bits per heavy atom. The largest absolute Gasteiger partial charge is 0.292 e. The summed E-state index contributed by atoms with van der Waals surface area (Å²) >= 11 is 0. The minimum atomic E-state index is -0.156. The highest BCUT2D eigenvalue weighted by molar-refractivity contribution is 5.24. The topological polar surface area (TPSA) is 3.24 Å². The van der Waals surface area contributed by atoms with Crippen molar-refractivity contribution in [3.63, 3.8) is 0 Å². The quantitative estimate of drug-likeness (QED) is 0.794. The van der Waals surface area contributed by atoms with E-state index in [1.807, 2.05) is 12.1 Å². The second kappa shape index (κ2) is 5.76. The zero-order valence-electron chi connectivity index (χ0n) is 11.8. The predicted molar refractivity (Wildman–Crippen MR) is 80.0 cm³/mol. The predicted octanol–water partition coefficient (Wildman–Crippen LogP) is 4.47. The molecule has 1 heterocycles. The van der Waals surface area contributed by atoms with Gasteiger partial charge in [-0.2, -0.15) is 0 Å². The van der Waals surface area contributed by atoms with Crippen LogP contribution in [0.25, 0.3) is 0 Å². The van der Waals surface area contributed by atoms with Crippen molar-refractivity contribution in [2.75, 3.05) is 6.54 Å². The molecule has 1 aliphatic heterocycles. The van der Waals surface area contributed by atoms with Crippen molar-refractivity contribution in [2.45, 2.75) is 32.4 Å². The van der Waals surface area contributed by atoms with Gasteiger partial charge in [-0.05, 0) is 49.6 Å². The van der Waals surface area contributed by atoms with Crippen LogP contribution >= 0.6 is 0 Å². The highest BCUT2D eigenvalue weighted by atomic mass is 19.1. The molecule has 0 aliphatic carbocycles. The molecular weight excluding hydrogens is 249 g/mol. The maximum absolute atomic E-state index is 13.0. The number of hydrogen-bond donors (Lipinski definition) is 0. The van der Waals surface area contributed by atoms with Crippen LogP contribution in [0.4, 0.5) is 4.39 Å². The minimum Gasteiger partial charge on any atom is -0.292 e. The molecule has 1 fully saturated rings. The molecule has 1 saturated heterocycles. The monoisotopic (exact) mass is 269 g/mol. The first-order valence-corrected chi connectivity index (χ1v) is 7.27. The molecule has 0 unspecified atom stereocenters. The van der Waals surface area contributed by atoms with Gasteiger partial charge < -0.3 is 0 Å². The van der Waals surface area contributed by atoms with E-state index in [0.717, 1.165) is 19.5 Å². The molecule has 0 aromatic heterocycles. The number of rotatable bonds is 3. The molecule has 0 amide bonds. The fraction of sp³-hybridized carbons (Fsp3) is 0.333. The third-order valence-electron chi connectivity index (χ3n) is 4.09. The van der Waals surface area contributed by atoms with E-state index in [1.54, 1.807) is 12.1 Å². The fourth-order valence-corrected chi connectivity index (χ4v) is 3.12. The number of aryl methyl sites for hydroxylation is 1. The van der Waals surface area contributed by atoms with Gasteiger partial charge in [-0.25, -0.2) is 4.39 Å². The summed E-state index contributed by atoms with van der Waals surface area (Å²) in [6.45, 7) is 4.23. The summed E-state index contributed by atoms with van der Waals surface area (Å²) in [5.74, 6) is -0.156. The molecule has 0 saturated carbocycles. The van der Waals surface area contributed by atoms with Gasteiger partial charge >= 0.3 is 0 Å². The van der Waals surface area contributed by atoms with Crippen LogP contribution in [0.15, 0.2) is 48.5 Å². The molecule has 20 heavy (non-hydrogen) atoms. The van der Waals surface area contributed by atoms with Crippen LogP contribution in [0, 0.1) is 12.7 Å². The van der Waals surface area contributed by atoms with E-state index in [0.29, 0.717) is 6.04 Å². The minimum absolute atomic E-state index is 0.156. The lowest BCUT2D eigenvalue weighted by molar-refractivity contribution is 0.248. The summed E-state index contributed by atoms with van der Waals surface area (Å²) in [5, 5.41) is 0. The molecule has 1 aliphatic rings. The van der Waals surface area contributed by atoms with Crippen molar-refractivity contribution in [2.24, 2.45) is 0 Å². The highest BCUT2D eigenvalue weighted by Gasteiger charge is 2.25. The van der Waals surface area contributed by atoms with E-state index in [4.69, 9.17) is 0 Å². The van der Waals surface area contributed by atoms with E-state index in [9.17, 15) is 4.39 Å². The number of likely N-dealkylation sites (tertiary alicyclic amines) is 1. The summed E-state index contributed by atoms with van der Waals surface area (Å²) in [5.41, 5.74) is 3.90. The molecule has 2 heteroatoms. The van der Waals surface area contributed by atoms with Gasteiger partial charge in [-0.1, -0.05) is 42.0 Å². The van der Waals surface area contributed by atoms with E-state index in [2.05, 4.69) is 36.1 Å². The molecule has 0 N–H and O–H groups in total. The molecule has 0 spiro atoms. The molecule has 0 radical (unpaired) electrons. The lowest BCUT2D eigenvalue weighted by Gasteiger charge is -2.25. The number of nitrogens with zero attached hydrogens (tertiary/aromatic N) is 1. The maximum atomic E-state index is 13.0. The van der Waals surface area contributed by atoms with Crippen LogP contribution in [0.5, 0.6) is 0 Å². The second-order valence-electron chi connectivity index (χ2n) is 5.67. The van der Waals surface area contributed by atoms with Crippen LogP contribution in [0.3, 0.4) is 0 Å². The summed E-state index contributed by atoms with van der Waals surface area (Å²) in [7, 11) is 0. The Balaban J connectivity index is 1.77. The van der Waals surface area contributed by atoms with Gasteiger partial charge in [0.1, 0.15) is 5.82 Å². The van der Waals surface area contributed by atoms with Gasteiger partial charge in [-0.15, -0.1) is 0 Å². The number of benzene rings is 2. The number of hydrogen-bond acceptors (Lipinski definition) is 1. The Bertz CT molecular complexity index is 576. The molecular formula is C18H20FN. The smallest absolute Gasteiger partial charge is 0.123 e. The molecule has 2 aromatic rings. The van der Waals surface area contributed by atoms with Crippen molar-refractivity contribution in [3.8, 4) is 0 Å². The van der Waals surface area contributed by atoms with Gasteiger partial charge in [0.2, 0.25) is 0 Å². The Hall–Kier alpha value is -1.67. The van der Waals surface area contributed by atoms with Crippen molar-refractivity contribution in [3.05, 3.63) is 71.0 Å². The van der Waals surface area contributed by atoms with Crippen LogP contribution in [0.1, 0.15) is 35.6 Å². The van der Waals surface area contributed by atoms with Crippen molar-refractivity contribution in [1.82, 2.24) is 4.90 Å². The average Bonchev–Trinajstić information content (AvgIpc) is 2.88. The Morgan fingerprint density at radius 1 is 1.15 bits per heavy atom. The zero-order chi connectivity index (χ0) is 13.9. The van der Waals surface area contributed by atoms with Crippen LogP contribution in [-0.2, 0) is 6.54 Å². The Morgan fingerprint density at radius 3 is 2.70 bits per heavy atom. The molecule has 1 nitrogen and oxygen atoms in total. The van der Waals surface area contributed by atoms with Gasteiger partial charge in [0.15, 0.2) is 0 Å². The van der Waals surface area contributed by atoms with Gasteiger partial charge in [0.05, 0.1) is 0 Å². The lowest BCUT2D eigenvalue weighted by atomic mass is 10.0. The summed E-state index contributed by atoms with van der Waals surface area (Å²) in [4.78, 5) is 2.50. The molecule has 3 rings (SSSR count). The SMILES string of the molecule is Cc1cccc(CN2CCC[C@H]2c2ccc(F)cc2)c1. The molecule has 2 aromatic carbocycles. The summed E-state index contributed by atoms with van der Waals surface area (Å²) in [6, 6.07) is 16.1. The van der Waals surface area contributed by atoms with E-state index >= 15 is 0 Å². The first kappa shape index (κ1) is 13.3. The van der Waals surface area contributed by atoms with Crippen LogP contribution < -0.4 is 0 Å². The van der Waals surface area contributed by atoms with E-state index < -0.39 is 0 Å². The first-order chi connectivity index (χ1) is 9.72. The molecule has 104 valence electrons. The fourth-order valence-electron chi connectivity index (χ4n) is 3.12. The third kappa shape index (κ3) is 2.91. The maximum Gasteiger partial charge on any atom is 0.123 e. The third-order valence-corrected chi connectivity index (χ3v) is 4.09.